The summed E-state index contributed by atoms with van der Waals surface area (Å²) in [5.74, 6) is 0.0758. The van der Waals surface area contributed by atoms with Crippen LogP contribution >= 0.6 is 0 Å². The highest BCUT2D eigenvalue weighted by molar-refractivity contribution is 5.88. The summed E-state index contributed by atoms with van der Waals surface area (Å²) >= 11 is 0. The van der Waals surface area contributed by atoms with E-state index in [1.807, 2.05) is 24.3 Å². The highest BCUT2D eigenvalue weighted by Crippen LogP contribution is 2.19. The minimum absolute atomic E-state index is 0.0184. The van der Waals surface area contributed by atoms with E-state index in [9.17, 15) is 9.90 Å². The Morgan fingerprint density at radius 1 is 1.35 bits per heavy atom. The van der Waals surface area contributed by atoms with Crippen molar-refractivity contribution < 1.29 is 19.4 Å². The molecule has 7 heteroatoms. The lowest BCUT2D eigenvalue weighted by Crippen LogP contribution is -2.11. The van der Waals surface area contributed by atoms with E-state index in [4.69, 9.17) is 4.74 Å². The predicted molar refractivity (Wildman–Crippen MR) is 69.4 cm³/mol. The van der Waals surface area contributed by atoms with Crippen LogP contribution in [0.3, 0.4) is 0 Å². The molecule has 2 rings (SSSR count). The van der Waals surface area contributed by atoms with Gasteiger partial charge in [0.1, 0.15) is 5.75 Å². The van der Waals surface area contributed by atoms with Gasteiger partial charge in [-0.1, -0.05) is 23.4 Å². The van der Waals surface area contributed by atoms with Crippen molar-refractivity contribution in [2.45, 2.75) is 13.2 Å². The monoisotopic (exact) mass is 277 g/mol. The molecule has 0 aliphatic heterocycles. The number of aliphatic hydroxyl groups excluding tert-OH is 1. The van der Waals surface area contributed by atoms with Gasteiger partial charge in [-0.2, -0.15) is 0 Å². The fraction of sp³-hybridized carbons (Fsp3) is 0.308. The number of aliphatic hydroxyl groups is 1. The topological polar surface area (TPSA) is 86.5 Å². The maximum atomic E-state index is 11.5. The van der Waals surface area contributed by atoms with E-state index < -0.39 is 5.97 Å². The van der Waals surface area contributed by atoms with Crippen LogP contribution in [0.25, 0.3) is 0 Å². The van der Waals surface area contributed by atoms with Crippen LogP contribution in [0.2, 0.25) is 0 Å². The third kappa shape index (κ3) is 2.62. The molecule has 0 saturated heterocycles. The molecule has 106 valence electrons. The summed E-state index contributed by atoms with van der Waals surface area (Å²) < 4.78 is 11.3. The lowest BCUT2D eigenvalue weighted by atomic mass is 10.2. The fourth-order valence-electron chi connectivity index (χ4n) is 1.87. The van der Waals surface area contributed by atoms with Crippen molar-refractivity contribution in [3.05, 3.63) is 41.2 Å². The average Bonchev–Trinajstić information content (AvgIpc) is 2.89. The molecule has 0 saturated carbocycles. The second kappa shape index (κ2) is 6.16. The molecule has 1 aromatic carbocycles. The summed E-state index contributed by atoms with van der Waals surface area (Å²) in [5.41, 5.74) is 1.19. The number of hydrogen-bond donors (Lipinski definition) is 1. The molecule has 0 radical (unpaired) electrons. The molecule has 0 aliphatic carbocycles. The van der Waals surface area contributed by atoms with E-state index >= 15 is 0 Å². The molecule has 0 atom stereocenters. The van der Waals surface area contributed by atoms with Crippen molar-refractivity contribution in [3.8, 4) is 5.75 Å². The number of ether oxygens (including phenoxy) is 2. The van der Waals surface area contributed by atoms with Crippen LogP contribution in [0.1, 0.15) is 21.7 Å². The van der Waals surface area contributed by atoms with Gasteiger partial charge in [0.25, 0.3) is 0 Å². The van der Waals surface area contributed by atoms with Crippen molar-refractivity contribution in [3.63, 3.8) is 0 Å². The quantitative estimate of drug-likeness (QED) is 0.806. The van der Waals surface area contributed by atoms with E-state index in [1.54, 1.807) is 7.11 Å². The van der Waals surface area contributed by atoms with Gasteiger partial charge in [0.15, 0.2) is 5.69 Å². The lowest BCUT2D eigenvalue weighted by molar-refractivity contribution is 0.0590. The zero-order valence-electron chi connectivity index (χ0n) is 11.2. The van der Waals surface area contributed by atoms with Crippen LogP contribution in [0, 0.1) is 0 Å². The predicted octanol–water partition coefficient (Wildman–Crippen LogP) is 0.614. The molecular formula is C13H15N3O4. The number of carbonyl (C=O) groups is 1. The van der Waals surface area contributed by atoms with Crippen LogP contribution in [-0.2, 0) is 17.9 Å². The number of benzene rings is 1. The normalized spacial score (nSPS) is 10.3. The summed E-state index contributed by atoms with van der Waals surface area (Å²) in [5, 5.41) is 17.0. The van der Waals surface area contributed by atoms with Crippen LogP contribution in [0.5, 0.6) is 5.75 Å². The maximum Gasteiger partial charge on any atom is 0.360 e. The molecule has 7 nitrogen and oxygen atoms in total. The van der Waals surface area contributed by atoms with E-state index in [2.05, 4.69) is 15.0 Å². The lowest BCUT2D eigenvalue weighted by Gasteiger charge is -2.09. The van der Waals surface area contributed by atoms with E-state index in [0.717, 1.165) is 5.56 Å². The third-order valence-corrected chi connectivity index (χ3v) is 2.88. The molecule has 1 heterocycles. The first-order valence-electron chi connectivity index (χ1n) is 5.94. The highest BCUT2D eigenvalue weighted by atomic mass is 16.5. The number of hydrogen-bond acceptors (Lipinski definition) is 6. The molecule has 0 aliphatic rings. The van der Waals surface area contributed by atoms with Gasteiger partial charge in [0.2, 0.25) is 0 Å². The van der Waals surface area contributed by atoms with E-state index in [1.165, 1.54) is 11.8 Å². The molecule has 1 N–H and O–H groups in total. The Kier molecular flexibility index (Phi) is 4.31. The van der Waals surface area contributed by atoms with Gasteiger partial charge in [-0.15, -0.1) is 5.10 Å². The average molecular weight is 277 g/mol. The minimum Gasteiger partial charge on any atom is -0.496 e. The molecule has 0 spiro atoms. The summed E-state index contributed by atoms with van der Waals surface area (Å²) in [4.78, 5) is 11.5. The Morgan fingerprint density at radius 2 is 2.10 bits per heavy atom. The van der Waals surface area contributed by atoms with Gasteiger partial charge in [0, 0.05) is 5.56 Å². The molecule has 1 aromatic heterocycles. The van der Waals surface area contributed by atoms with Crippen molar-refractivity contribution in [2.24, 2.45) is 0 Å². The first-order chi connectivity index (χ1) is 9.71. The van der Waals surface area contributed by atoms with Crippen molar-refractivity contribution in [1.82, 2.24) is 15.0 Å². The molecule has 0 unspecified atom stereocenters. The Bertz CT molecular complexity index is 609. The Hall–Kier alpha value is -2.41. The number of methoxy groups -OCH3 is 2. The molecular weight excluding hydrogens is 262 g/mol. The van der Waals surface area contributed by atoms with Crippen LogP contribution in [-0.4, -0.2) is 40.3 Å². The van der Waals surface area contributed by atoms with Gasteiger partial charge in [0.05, 0.1) is 33.1 Å². The molecule has 20 heavy (non-hydrogen) atoms. The van der Waals surface area contributed by atoms with E-state index in [0.29, 0.717) is 18.0 Å². The largest absolute Gasteiger partial charge is 0.496 e. The van der Waals surface area contributed by atoms with Gasteiger partial charge in [-0.05, 0) is 6.07 Å². The first-order valence-corrected chi connectivity index (χ1v) is 5.94. The highest BCUT2D eigenvalue weighted by Gasteiger charge is 2.20. The zero-order chi connectivity index (χ0) is 14.5. The smallest absolute Gasteiger partial charge is 0.360 e. The second-order valence-electron chi connectivity index (χ2n) is 4.00. The number of rotatable bonds is 5. The summed E-state index contributed by atoms with van der Waals surface area (Å²) in [6.07, 6.45) is 0. The number of aromatic nitrogens is 3. The van der Waals surface area contributed by atoms with Gasteiger partial charge < -0.3 is 14.6 Å². The fourth-order valence-corrected chi connectivity index (χ4v) is 1.87. The SMILES string of the molecule is COC(=O)c1nnn(Cc2ccccc2OC)c1CO. The zero-order valence-corrected chi connectivity index (χ0v) is 11.2. The van der Waals surface area contributed by atoms with Gasteiger partial charge in [-0.3, -0.25) is 0 Å². The number of nitrogens with zero attached hydrogens (tertiary/aromatic N) is 3. The van der Waals surface area contributed by atoms with Crippen LogP contribution in [0.15, 0.2) is 24.3 Å². The third-order valence-electron chi connectivity index (χ3n) is 2.88. The summed E-state index contributed by atoms with van der Waals surface area (Å²) in [6.45, 7) is -0.0174. The van der Waals surface area contributed by atoms with Crippen molar-refractivity contribution in [1.29, 1.82) is 0 Å². The Labute approximate surface area is 115 Å². The second-order valence-corrected chi connectivity index (χ2v) is 4.00. The number of esters is 1. The van der Waals surface area contributed by atoms with E-state index in [-0.39, 0.29) is 12.3 Å². The maximum absolute atomic E-state index is 11.5. The molecule has 2 aromatic rings. The summed E-state index contributed by atoms with van der Waals surface area (Å²) in [7, 11) is 2.83. The molecule has 0 bridgehead atoms. The first kappa shape index (κ1) is 14.0. The standard InChI is InChI=1S/C13H15N3O4/c1-19-11-6-4-3-5-9(11)7-16-10(8-17)12(14-15-16)13(18)20-2/h3-6,17H,7-8H2,1-2H3. The van der Waals surface area contributed by atoms with Gasteiger partial charge >= 0.3 is 5.97 Å². The van der Waals surface area contributed by atoms with Crippen LogP contribution < -0.4 is 4.74 Å². The Morgan fingerprint density at radius 3 is 2.75 bits per heavy atom. The Balaban J connectivity index is 2.34. The van der Waals surface area contributed by atoms with Crippen molar-refractivity contribution >= 4 is 5.97 Å². The molecule has 0 fully saturated rings. The summed E-state index contributed by atoms with van der Waals surface area (Å²) in [6, 6.07) is 7.43. The number of para-hydroxylation sites is 1. The number of carbonyl (C=O) groups excluding carboxylic acids is 1. The van der Waals surface area contributed by atoms with Crippen molar-refractivity contribution in [2.75, 3.05) is 14.2 Å². The molecule has 0 amide bonds. The van der Waals surface area contributed by atoms with Gasteiger partial charge in [-0.25, -0.2) is 9.48 Å². The van der Waals surface area contributed by atoms with Crippen LogP contribution in [0.4, 0.5) is 0 Å². The minimum atomic E-state index is -0.625.